The van der Waals surface area contributed by atoms with Crippen LogP contribution >= 0.6 is 11.8 Å². The van der Waals surface area contributed by atoms with E-state index in [0.717, 1.165) is 36.4 Å². The molecule has 6 atom stereocenters. The van der Waals surface area contributed by atoms with Crippen LogP contribution < -0.4 is 49.9 Å². The van der Waals surface area contributed by atoms with E-state index in [1.165, 1.54) is 36.3 Å². The molecule has 9 amide bonds. The fourth-order valence-corrected chi connectivity index (χ4v) is 12.4. The summed E-state index contributed by atoms with van der Waals surface area (Å²) in [7, 11) is 0. The first-order valence-electron chi connectivity index (χ1n) is 31.6. The largest absolute Gasteiger partial charge is 0.368 e. The van der Waals surface area contributed by atoms with Gasteiger partial charge in [0.25, 0.3) is 0 Å². The van der Waals surface area contributed by atoms with Crippen molar-refractivity contribution in [3.05, 3.63) is 84.2 Å². The van der Waals surface area contributed by atoms with Crippen LogP contribution in [0.2, 0.25) is 0 Å². The Kier molecular flexibility index (Phi) is 34.1. The Hall–Kier alpha value is -6.80. The minimum Gasteiger partial charge on any atom is -0.368 e. The first-order chi connectivity index (χ1) is 42.3. The quantitative estimate of drug-likeness (QED) is 0.0427. The minimum absolute atomic E-state index is 0.0448. The van der Waals surface area contributed by atoms with Crippen LogP contribution in [0.25, 0.3) is 0 Å². The fourth-order valence-electron chi connectivity index (χ4n) is 10.8. The van der Waals surface area contributed by atoms with E-state index in [0.29, 0.717) is 133 Å². The maximum Gasteiger partial charge on any atom is 0.243 e. The zero-order valence-corrected chi connectivity index (χ0v) is 53.3. The summed E-state index contributed by atoms with van der Waals surface area (Å²) in [4.78, 5) is 133. The number of hydrogen-bond donors (Lipinski definition) is 9. The Morgan fingerprint density at radius 1 is 0.557 bits per heavy atom. The molecule has 0 radical (unpaired) electrons. The molecule has 2 fully saturated rings. The third kappa shape index (κ3) is 25.7. The SMILES string of the molecule is C=C1N[C@H]2CSC(CCCCC(=O)NCCCC[C@H](NC(=O)CN(CCCCN)C(=O)CN(C(=O)CN(CCCCN)C(=O)CN(CCCCN)C(=O)CN(C(=O)CN(CCCCN)C(C)=O)[C@@H](C)c3ccccc3)[C@@H](C)c3ccccc3)C(N)=O)[C@H]2N1. The molecule has 2 aromatic rings. The first kappa shape index (κ1) is 73.7. The molecule has 88 heavy (non-hydrogen) atoms. The molecule has 24 nitrogen and oxygen atoms in total. The molecule has 25 heteroatoms. The van der Waals surface area contributed by atoms with Gasteiger partial charge < -0.3 is 79.3 Å². The summed E-state index contributed by atoms with van der Waals surface area (Å²) in [6, 6.07) is 16.7. The summed E-state index contributed by atoms with van der Waals surface area (Å²) in [5, 5.41) is 13.0. The summed E-state index contributed by atoms with van der Waals surface area (Å²) < 4.78 is 0. The highest BCUT2D eigenvalue weighted by molar-refractivity contribution is 8.00. The molecule has 2 aromatic carbocycles. The van der Waals surface area contributed by atoms with Crippen molar-refractivity contribution in [3.8, 4) is 0 Å². The zero-order chi connectivity index (χ0) is 64.4. The molecule has 0 saturated carbocycles. The second-order valence-corrected chi connectivity index (χ2v) is 24.2. The number of fused-ring (bicyclic) bond motifs is 1. The highest BCUT2D eigenvalue weighted by Crippen LogP contribution is 2.34. The van der Waals surface area contributed by atoms with Gasteiger partial charge in [-0.1, -0.05) is 73.7 Å². The Bertz CT molecular complexity index is 2520. The van der Waals surface area contributed by atoms with Gasteiger partial charge >= 0.3 is 0 Å². The van der Waals surface area contributed by atoms with Crippen LogP contribution in [0.15, 0.2) is 73.1 Å². The van der Waals surface area contributed by atoms with E-state index in [9.17, 15) is 43.2 Å². The summed E-state index contributed by atoms with van der Waals surface area (Å²) in [5.41, 5.74) is 30.6. The van der Waals surface area contributed by atoms with Gasteiger partial charge in [-0.25, -0.2) is 0 Å². The second kappa shape index (κ2) is 40.7. The number of carbonyl (C=O) groups excluding carboxylic acids is 9. The van der Waals surface area contributed by atoms with Gasteiger partial charge in [-0.05, 0) is 135 Å². The van der Waals surface area contributed by atoms with Crippen molar-refractivity contribution in [3.63, 3.8) is 0 Å². The van der Waals surface area contributed by atoms with E-state index in [-0.39, 0.29) is 44.4 Å². The number of rotatable bonds is 44. The van der Waals surface area contributed by atoms with Crippen LogP contribution in [0.3, 0.4) is 0 Å². The lowest BCUT2D eigenvalue weighted by molar-refractivity contribution is -0.149. The van der Waals surface area contributed by atoms with Crippen molar-refractivity contribution < 1.29 is 43.2 Å². The Morgan fingerprint density at radius 2 is 1.01 bits per heavy atom. The monoisotopic (exact) mass is 1250 g/mol. The standard InChI is InChI=1S/C63H103N15O9S/c1-46(50-23-7-5-8-24-50)77(60(85)41-73(49(4)79)35-19-14-30-64)44-59(84)75(37-21-16-32-66)40-57(82)76(38-22-17-33-67)42-61(86)78(47(2)51-25-9-6-10-26-51)43-58(83)74(36-20-15-31-65)39-56(81)72-52(63(68)87)27-13-18-34-69-55(80)29-12-11-28-54-62-53(45-88-54)70-48(3)71-62/h5-10,23-26,46-47,52-54,62,70-71H,3,11-22,27-45,64-67H2,1-2,4H3,(H2,68,87)(H,69,80)(H,72,81)/t46-,47-,52-,53-,54?,62-/m0/s1. The van der Waals surface area contributed by atoms with Crippen LogP contribution in [0.4, 0.5) is 0 Å². The number of amides is 9. The molecule has 0 spiro atoms. The second-order valence-electron chi connectivity index (χ2n) is 23.0. The number of nitrogens with zero attached hydrogens (tertiary/aromatic N) is 6. The number of thioether (sulfide) groups is 1. The lowest BCUT2D eigenvalue weighted by Gasteiger charge is -2.35. The molecule has 4 rings (SSSR count). The van der Waals surface area contributed by atoms with Crippen LogP contribution in [0.1, 0.15) is 140 Å². The third-order valence-electron chi connectivity index (χ3n) is 16.2. The molecule has 1 unspecified atom stereocenters. The smallest absolute Gasteiger partial charge is 0.243 e. The lowest BCUT2D eigenvalue weighted by Crippen LogP contribution is -2.53. The third-order valence-corrected chi connectivity index (χ3v) is 17.7. The van der Waals surface area contributed by atoms with Gasteiger partial charge in [0, 0.05) is 57.1 Å². The summed E-state index contributed by atoms with van der Waals surface area (Å²) in [6.45, 7) is 8.75. The Balaban J connectivity index is 1.47. The van der Waals surface area contributed by atoms with Crippen LogP contribution in [-0.2, 0) is 43.2 Å². The Labute approximate surface area is 525 Å². The van der Waals surface area contributed by atoms with E-state index in [1.807, 2.05) is 60.3 Å². The first-order valence-corrected chi connectivity index (χ1v) is 32.6. The van der Waals surface area contributed by atoms with Crippen LogP contribution in [0.5, 0.6) is 0 Å². The number of primary amides is 1. The molecule has 0 bridgehead atoms. The zero-order valence-electron chi connectivity index (χ0n) is 52.5. The average Bonchev–Trinajstić information content (AvgIpc) is 4.28. The van der Waals surface area contributed by atoms with Crippen molar-refractivity contribution in [2.75, 3.05) is 104 Å². The van der Waals surface area contributed by atoms with E-state index < -0.39 is 92.2 Å². The predicted molar refractivity (Wildman–Crippen MR) is 344 cm³/mol. The number of nitrogens with two attached hydrogens (primary N) is 5. The minimum atomic E-state index is -1.05. The number of nitrogens with one attached hydrogen (secondary N) is 4. The van der Waals surface area contributed by atoms with Crippen molar-refractivity contribution in [1.29, 1.82) is 0 Å². The number of unbranched alkanes of at least 4 members (excludes halogenated alkanes) is 6. The highest BCUT2D eigenvalue weighted by Gasteiger charge is 2.41. The van der Waals surface area contributed by atoms with E-state index in [1.54, 1.807) is 26.0 Å². The van der Waals surface area contributed by atoms with Gasteiger partial charge in [-0.2, -0.15) is 11.8 Å². The highest BCUT2D eigenvalue weighted by atomic mass is 32.2. The van der Waals surface area contributed by atoms with Crippen LogP contribution in [-0.4, -0.2) is 210 Å². The normalized spacial score (nSPS) is 16.0. The predicted octanol–water partition coefficient (Wildman–Crippen LogP) is 1.79. The maximum atomic E-state index is 15.0. The average molecular weight is 1250 g/mol. The van der Waals surface area contributed by atoms with Gasteiger partial charge in [-0.15, -0.1) is 0 Å². The van der Waals surface area contributed by atoms with Gasteiger partial charge in [0.15, 0.2) is 0 Å². The van der Waals surface area contributed by atoms with Crippen LogP contribution in [0, 0.1) is 0 Å². The fraction of sp³-hybridized carbons (Fsp3) is 0.635. The summed E-state index contributed by atoms with van der Waals surface area (Å²) in [6.07, 6.45) is 8.46. The molecule has 2 saturated heterocycles. The van der Waals surface area contributed by atoms with E-state index >= 15 is 0 Å². The number of carbonyl (C=O) groups is 9. The molecule has 0 aliphatic carbocycles. The van der Waals surface area contributed by atoms with Crippen molar-refractivity contribution in [2.24, 2.45) is 28.7 Å². The molecular formula is C63H103N15O9S. The van der Waals surface area contributed by atoms with Gasteiger partial charge in [0.1, 0.15) is 19.1 Å². The summed E-state index contributed by atoms with van der Waals surface area (Å²) >= 11 is 1.95. The molecular weight excluding hydrogens is 1140 g/mol. The maximum absolute atomic E-state index is 15.0. The van der Waals surface area contributed by atoms with Gasteiger partial charge in [0.2, 0.25) is 53.2 Å². The van der Waals surface area contributed by atoms with Crippen molar-refractivity contribution >= 4 is 64.9 Å². The lowest BCUT2D eigenvalue weighted by atomic mass is 10.0. The number of benzene rings is 2. The Morgan fingerprint density at radius 3 is 1.49 bits per heavy atom. The molecule has 2 heterocycles. The van der Waals surface area contributed by atoms with Crippen molar-refractivity contribution in [2.45, 2.75) is 153 Å². The van der Waals surface area contributed by atoms with Gasteiger partial charge in [-0.3, -0.25) is 43.2 Å². The van der Waals surface area contributed by atoms with E-state index in [2.05, 4.69) is 27.8 Å². The van der Waals surface area contributed by atoms with Gasteiger partial charge in [0.05, 0.1) is 56.2 Å². The molecule has 14 N–H and O–H groups in total. The molecule has 2 aliphatic rings. The summed E-state index contributed by atoms with van der Waals surface area (Å²) in [5.74, 6) is -2.52. The molecule has 490 valence electrons. The molecule has 2 aliphatic heterocycles. The van der Waals surface area contributed by atoms with E-state index in [4.69, 9.17) is 28.7 Å². The number of hydrogen-bond acceptors (Lipinski definition) is 16. The topological polar surface area (TPSA) is 351 Å². The molecule has 0 aromatic heterocycles. The van der Waals surface area contributed by atoms with Crippen molar-refractivity contribution in [1.82, 2.24) is 50.7 Å².